The second-order valence-corrected chi connectivity index (χ2v) is 8.08. The first kappa shape index (κ1) is 20.6. The van der Waals surface area contributed by atoms with Crippen LogP contribution in [0.2, 0.25) is 0 Å². The van der Waals surface area contributed by atoms with E-state index in [1.54, 1.807) is 24.3 Å². The van der Waals surface area contributed by atoms with Crippen molar-refractivity contribution < 1.29 is 17.9 Å². The van der Waals surface area contributed by atoms with Crippen LogP contribution in [0.25, 0.3) is 0 Å². The Bertz CT molecular complexity index is 634. The van der Waals surface area contributed by atoms with Gasteiger partial charge in [0.1, 0.15) is 0 Å². The molecule has 6 nitrogen and oxygen atoms in total. The quantitative estimate of drug-likeness (QED) is 0.685. The normalized spacial score (nSPS) is 12.2. The van der Waals surface area contributed by atoms with Crippen LogP contribution in [0, 0.1) is 0 Å². The zero-order valence-corrected chi connectivity index (χ0v) is 15.9. The lowest BCUT2D eigenvalue weighted by atomic mass is 10.1. The number of nitrogens with one attached hydrogen (secondary N) is 1. The van der Waals surface area contributed by atoms with Crippen LogP contribution in [-0.2, 0) is 20.5 Å². The maximum absolute atomic E-state index is 12.2. The van der Waals surface area contributed by atoms with Crippen molar-refractivity contribution in [3.63, 3.8) is 0 Å². The molecule has 1 rings (SSSR count). The number of ether oxygens (including phenoxy) is 1. The van der Waals surface area contributed by atoms with Crippen molar-refractivity contribution in [3.8, 4) is 0 Å². The smallest absolute Gasteiger partial charge is 0.337 e. The van der Waals surface area contributed by atoms with Crippen molar-refractivity contribution in [1.82, 2.24) is 9.62 Å². The van der Waals surface area contributed by atoms with Crippen LogP contribution in [-0.4, -0.2) is 51.6 Å². The molecule has 24 heavy (non-hydrogen) atoms. The van der Waals surface area contributed by atoms with E-state index in [4.69, 9.17) is 0 Å². The summed E-state index contributed by atoms with van der Waals surface area (Å²) in [4.78, 5) is 13.7. The number of esters is 1. The molecule has 7 heteroatoms. The minimum absolute atomic E-state index is 0.165. The van der Waals surface area contributed by atoms with Gasteiger partial charge in [-0.05, 0) is 45.4 Å². The number of sulfonamides is 1. The molecule has 1 aromatic rings. The average molecular weight is 356 g/mol. The van der Waals surface area contributed by atoms with Gasteiger partial charge in [0, 0.05) is 25.2 Å². The number of benzene rings is 1. The summed E-state index contributed by atoms with van der Waals surface area (Å²) >= 11 is 0. The predicted octanol–water partition coefficient (Wildman–Crippen LogP) is 2.01. The topological polar surface area (TPSA) is 75.7 Å². The molecule has 0 fully saturated rings. The van der Waals surface area contributed by atoms with Gasteiger partial charge in [0.2, 0.25) is 10.0 Å². The van der Waals surface area contributed by atoms with Crippen LogP contribution in [0.3, 0.4) is 0 Å². The number of hydrogen-bond donors (Lipinski definition) is 1. The molecule has 0 amide bonds. The zero-order valence-electron chi connectivity index (χ0n) is 15.1. The van der Waals surface area contributed by atoms with Crippen LogP contribution >= 0.6 is 0 Å². The lowest BCUT2D eigenvalue weighted by molar-refractivity contribution is 0.0600. The summed E-state index contributed by atoms with van der Waals surface area (Å²) in [6.07, 6.45) is 0. The molecule has 0 saturated heterocycles. The van der Waals surface area contributed by atoms with E-state index in [9.17, 15) is 13.2 Å². The number of hydrogen-bond acceptors (Lipinski definition) is 5. The maximum atomic E-state index is 12.2. The molecule has 0 radical (unpaired) electrons. The van der Waals surface area contributed by atoms with Gasteiger partial charge in [-0.1, -0.05) is 12.1 Å². The van der Waals surface area contributed by atoms with E-state index in [0.717, 1.165) is 0 Å². The van der Waals surface area contributed by atoms with E-state index in [1.807, 2.05) is 0 Å². The highest BCUT2D eigenvalue weighted by Crippen LogP contribution is 2.10. The number of carbonyl (C=O) groups is 1. The average Bonchev–Trinajstić information content (AvgIpc) is 2.49. The van der Waals surface area contributed by atoms with E-state index in [-0.39, 0.29) is 5.75 Å². The van der Waals surface area contributed by atoms with E-state index in [0.29, 0.717) is 36.3 Å². The number of rotatable bonds is 9. The fourth-order valence-electron chi connectivity index (χ4n) is 2.62. The molecule has 0 saturated carbocycles. The highest BCUT2D eigenvalue weighted by molar-refractivity contribution is 7.88. The number of nitrogens with zero attached hydrogens (tertiary/aromatic N) is 1. The van der Waals surface area contributed by atoms with E-state index in [1.165, 1.54) is 7.11 Å². The largest absolute Gasteiger partial charge is 0.465 e. The summed E-state index contributed by atoms with van der Waals surface area (Å²) in [6.45, 7) is 9.37. The van der Waals surface area contributed by atoms with Gasteiger partial charge in [0.15, 0.2) is 0 Å². The van der Waals surface area contributed by atoms with Gasteiger partial charge in [-0.2, -0.15) is 0 Å². The van der Waals surface area contributed by atoms with Crippen LogP contribution in [0.15, 0.2) is 24.3 Å². The summed E-state index contributed by atoms with van der Waals surface area (Å²) in [5, 5.41) is 0. The fourth-order valence-corrected chi connectivity index (χ4v) is 3.74. The molecular formula is C17H28N2O4S. The van der Waals surface area contributed by atoms with Gasteiger partial charge in [-0.3, -0.25) is 4.90 Å². The van der Waals surface area contributed by atoms with Gasteiger partial charge in [-0.25, -0.2) is 17.9 Å². The Labute approximate surface area is 145 Å². The summed E-state index contributed by atoms with van der Waals surface area (Å²) < 4.78 is 31.7. The van der Waals surface area contributed by atoms with Crippen molar-refractivity contribution in [2.45, 2.75) is 45.5 Å². The van der Waals surface area contributed by atoms with E-state index >= 15 is 0 Å². The molecule has 0 aliphatic carbocycles. The Hall–Kier alpha value is -1.44. The molecule has 136 valence electrons. The first-order valence-corrected chi connectivity index (χ1v) is 9.72. The summed E-state index contributed by atoms with van der Waals surface area (Å²) in [6, 6.07) is 7.17. The third-order valence-electron chi connectivity index (χ3n) is 3.72. The van der Waals surface area contributed by atoms with Gasteiger partial charge in [0.05, 0.1) is 18.4 Å². The lowest BCUT2D eigenvalue weighted by Crippen LogP contribution is -2.42. The Morgan fingerprint density at radius 2 is 1.83 bits per heavy atom. The van der Waals surface area contributed by atoms with Crippen LogP contribution < -0.4 is 4.72 Å². The summed E-state index contributed by atoms with van der Waals surface area (Å²) in [7, 11) is -2.17. The monoisotopic (exact) mass is 356 g/mol. The molecule has 1 N–H and O–H groups in total. The number of methoxy groups -OCH3 is 1. The molecule has 0 heterocycles. The molecule has 0 aliphatic rings. The van der Waals surface area contributed by atoms with Crippen LogP contribution in [0.4, 0.5) is 0 Å². The Morgan fingerprint density at radius 1 is 1.21 bits per heavy atom. The minimum Gasteiger partial charge on any atom is -0.465 e. The fraction of sp³-hybridized carbons (Fsp3) is 0.588. The molecule has 0 unspecified atom stereocenters. The molecule has 0 aromatic heterocycles. The summed E-state index contributed by atoms with van der Waals surface area (Å²) in [5.74, 6) is -0.645. The van der Waals surface area contributed by atoms with Crippen molar-refractivity contribution in [2.24, 2.45) is 0 Å². The standard InChI is InChI=1S/C17H28N2O4S/c1-13(2)19(14(3)4)10-9-18-24(21,22)12-15-7-6-8-16(11-15)17(20)23-5/h6-8,11,13-14,18H,9-10,12H2,1-5H3. The van der Waals surface area contributed by atoms with Crippen LogP contribution in [0.1, 0.15) is 43.6 Å². The van der Waals surface area contributed by atoms with E-state index < -0.39 is 16.0 Å². The highest BCUT2D eigenvalue weighted by Gasteiger charge is 2.16. The van der Waals surface area contributed by atoms with Gasteiger partial charge in [-0.15, -0.1) is 0 Å². The zero-order chi connectivity index (χ0) is 18.3. The lowest BCUT2D eigenvalue weighted by Gasteiger charge is -2.30. The van der Waals surface area contributed by atoms with Gasteiger partial charge >= 0.3 is 5.97 Å². The molecule has 0 atom stereocenters. The van der Waals surface area contributed by atoms with Crippen molar-refractivity contribution in [3.05, 3.63) is 35.4 Å². The second-order valence-electron chi connectivity index (χ2n) is 6.27. The first-order valence-electron chi connectivity index (χ1n) is 8.06. The molecule has 1 aromatic carbocycles. The number of carbonyl (C=O) groups excluding carboxylic acids is 1. The van der Waals surface area contributed by atoms with Crippen molar-refractivity contribution >= 4 is 16.0 Å². The molecule has 0 spiro atoms. The molecule has 0 aliphatic heterocycles. The first-order chi connectivity index (χ1) is 11.2. The SMILES string of the molecule is COC(=O)c1cccc(CS(=O)(=O)NCCN(C(C)C)C(C)C)c1. The van der Waals surface area contributed by atoms with Crippen molar-refractivity contribution in [2.75, 3.05) is 20.2 Å². The van der Waals surface area contributed by atoms with Gasteiger partial charge < -0.3 is 4.74 Å². The van der Waals surface area contributed by atoms with Gasteiger partial charge in [0.25, 0.3) is 0 Å². The Morgan fingerprint density at radius 3 is 2.38 bits per heavy atom. The highest BCUT2D eigenvalue weighted by atomic mass is 32.2. The second kappa shape index (κ2) is 9.15. The Kier molecular flexibility index (Phi) is 7.86. The predicted molar refractivity (Wildman–Crippen MR) is 95.4 cm³/mol. The summed E-state index contributed by atoms with van der Waals surface area (Å²) in [5.41, 5.74) is 0.894. The van der Waals surface area contributed by atoms with Crippen LogP contribution in [0.5, 0.6) is 0 Å². The third kappa shape index (κ3) is 6.59. The van der Waals surface area contributed by atoms with Crippen molar-refractivity contribution in [1.29, 1.82) is 0 Å². The Balaban J connectivity index is 2.65. The maximum Gasteiger partial charge on any atom is 0.337 e. The molecular weight excluding hydrogens is 328 g/mol. The third-order valence-corrected chi connectivity index (χ3v) is 5.08. The minimum atomic E-state index is -3.46. The van der Waals surface area contributed by atoms with E-state index in [2.05, 4.69) is 42.1 Å². The molecule has 0 bridgehead atoms.